The van der Waals surface area contributed by atoms with E-state index in [1.165, 1.54) is 11.8 Å². The zero-order chi connectivity index (χ0) is 22.3. The number of carbonyl (C=O) groups is 1. The van der Waals surface area contributed by atoms with Crippen molar-refractivity contribution >= 4 is 29.3 Å². The van der Waals surface area contributed by atoms with Crippen molar-refractivity contribution in [2.75, 3.05) is 13.7 Å². The van der Waals surface area contributed by atoms with E-state index in [9.17, 15) is 10.1 Å². The molecule has 1 aromatic carbocycles. The zero-order valence-corrected chi connectivity index (χ0v) is 19.5. The number of hydrogen-bond donors (Lipinski definition) is 1. The van der Waals surface area contributed by atoms with Crippen molar-refractivity contribution in [2.24, 2.45) is 5.92 Å². The molecule has 2 rings (SSSR count). The fourth-order valence-electron chi connectivity index (χ4n) is 2.66. The zero-order valence-electron chi connectivity index (χ0n) is 18.0. The molecule has 0 aliphatic carbocycles. The molecule has 1 amide bonds. The van der Waals surface area contributed by atoms with Crippen molar-refractivity contribution in [3.8, 4) is 17.5 Å². The number of thioether (sulfide) groups is 1. The molecule has 0 aliphatic heterocycles. The molecule has 162 valence electrons. The van der Waals surface area contributed by atoms with Crippen LogP contribution in [0.5, 0.6) is 0 Å². The molecule has 1 N–H and O–H groups in total. The first kappa shape index (κ1) is 24.2. The average molecular weight is 450 g/mol. The van der Waals surface area contributed by atoms with Gasteiger partial charge in [-0.2, -0.15) is 5.26 Å². The normalized spacial score (nSPS) is 14.2. The molecule has 0 bridgehead atoms. The third-order valence-corrected chi connectivity index (χ3v) is 6.39. The minimum atomic E-state index is -0.930. The van der Waals surface area contributed by atoms with Gasteiger partial charge in [0, 0.05) is 25.8 Å². The molecule has 30 heavy (non-hydrogen) atoms. The maximum Gasteiger partial charge on any atom is 0.234 e. The number of rotatable bonds is 10. The number of nitriles is 1. The number of nitrogens with one attached hydrogen (secondary N) is 1. The highest BCUT2D eigenvalue weighted by molar-refractivity contribution is 8.00. The van der Waals surface area contributed by atoms with Gasteiger partial charge >= 0.3 is 0 Å². The number of halogens is 1. The molecule has 0 saturated carbocycles. The van der Waals surface area contributed by atoms with E-state index in [0.29, 0.717) is 29.2 Å². The largest absolute Gasteiger partial charge is 0.385 e. The highest BCUT2D eigenvalue weighted by Crippen LogP contribution is 2.31. The second-order valence-electron chi connectivity index (χ2n) is 7.50. The van der Waals surface area contributed by atoms with Crippen LogP contribution < -0.4 is 5.32 Å². The van der Waals surface area contributed by atoms with Gasteiger partial charge in [-0.3, -0.25) is 4.79 Å². The monoisotopic (exact) mass is 449 g/mol. The van der Waals surface area contributed by atoms with Gasteiger partial charge in [0.1, 0.15) is 5.54 Å². The minimum Gasteiger partial charge on any atom is -0.385 e. The molecule has 0 aliphatic rings. The Morgan fingerprint density at radius 2 is 2.07 bits per heavy atom. The molecule has 0 fully saturated rings. The number of hydrogen-bond acceptors (Lipinski definition) is 6. The summed E-state index contributed by atoms with van der Waals surface area (Å²) in [5.41, 5.74) is -0.147. The van der Waals surface area contributed by atoms with Gasteiger partial charge in [0.2, 0.25) is 5.91 Å². The van der Waals surface area contributed by atoms with Crippen LogP contribution in [0, 0.1) is 17.2 Å². The van der Waals surface area contributed by atoms with Gasteiger partial charge in [-0.25, -0.2) is 0 Å². The first-order chi connectivity index (χ1) is 14.2. The lowest BCUT2D eigenvalue weighted by atomic mass is 9.90. The van der Waals surface area contributed by atoms with Crippen molar-refractivity contribution < 1.29 is 9.53 Å². The number of aromatic nitrogens is 3. The Hall–Kier alpha value is -2.08. The number of methoxy groups -OCH3 is 1. The lowest BCUT2D eigenvalue weighted by Gasteiger charge is -2.28. The highest BCUT2D eigenvalue weighted by atomic mass is 35.5. The second-order valence-corrected chi connectivity index (χ2v) is 9.22. The lowest BCUT2D eigenvalue weighted by molar-refractivity contribution is -0.121. The molecule has 7 nitrogen and oxygen atoms in total. The Bertz CT molecular complexity index is 911. The molecule has 9 heteroatoms. The molecular formula is C21H28ClN5O2S. The van der Waals surface area contributed by atoms with E-state index >= 15 is 0 Å². The number of nitrogens with zero attached hydrogens (tertiary/aromatic N) is 4. The Morgan fingerprint density at radius 3 is 2.67 bits per heavy atom. The maximum absolute atomic E-state index is 12.7. The minimum absolute atomic E-state index is 0.0202. The van der Waals surface area contributed by atoms with Gasteiger partial charge in [-0.05, 0) is 38.3 Å². The first-order valence-electron chi connectivity index (χ1n) is 9.80. The Morgan fingerprint density at radius 1 is 1.37 bits per heavy atom. The number of ether oxygens (including phenoxy) is 1. The average Bonchev–Trinajstić information content (AvgIpc) is 3.10. The summed E-state index contributed by atoms with van der Waals surface area (Å²) in [6, 6.07) is 9.66. The standard InChI is InChI=1S/C21H28ClN5O2S/c1-14(2)21(4,13-23)24-19(28)15(3)30-20-26-25-18(27(20)11-8-12-29-5)16-9-6-7-10-17(16)22/h6-7,9-10,14-15H,8,11-12H2,1-5H3,(H,24,28). The van der Waals surface area contributed by atoms with Crippen LogP contribution in [0.2, 0.25) is 5.02 Å². The molecule has 0 spiro atoms. The van der Waals surface area contributed by atoms with Crippen LogP contribution >= 0.6 is 23.4 Å². The molecule has 2 atom stereocenters. The summed E-state index contributed by atoms with van der Waals surface area (Å²) in [7, 11) is 1.66. The van der Waals surface area contributed by atoms with Gasteiger partial charge in [-0.1, -0.05) is 49.3 Å². The quantitative estimate of drug-likeness (QED) is 0.432. The summed E-state index contributed by atoms with van der Waals surface area (Å²) < 4.78 is 7.14. The summed E-state index contributed by atoms with van der Waals surface area (Å²) in [5.74, 6) is 0.410. The molecule has 0 radical (unpaired) electrons. The van der Waals surface area contributed by atoms with E-state index in [2.05, 4.69) is 21.6 Å². The van der Waals surface area contributed by atoms with E-state index < -0.39 is 10.8 Å². The number of amides is 1. The van der Waals surface area contributed by atoms with Crippen LogP contribution in [0.1, 0.15) is 34.1 Å². The van der Waals surface area contributed by atoms with Crippen molar-refractivity contribution in [3.63, 3.8) is 0 Å². The van der Waals surface area contributed by atoms with Crippen molar-refractivity contribution in [1.29, 1.82) is 5.26 Å². The van der Waals surface area contributed by atoms with Gasteiger partial charge in [-0.15, -0.1) is 10.2 Å². The van der Waals surface area contributed by atoms with E-state index in [-0.39, 0.29) is 11.8 Å². The molecule has 1 heterocycles. The van der Waals surface area contributed by atoms with Crippen molar-refractivity contribution in [1.82, 2.24) is 20.1 Å². The van der Waals surface area contributed by atoms with Crippen molar-refractivity contribution in [2.45, 2.75) is 56.6 Å². The molecule has 2 aromatic rings. The summed E-state index contributed by atoms with van der Waals surface area (Å²) in [6.07, 6.45) is 0.764. The Balaban J connectivity index is 2.27. The molecule has 1 aromatic heterocycles. The van der Waals surface area contributed by atoms with E-state index in [1.807, 2.05) is 42.7 Å². The Labute approximate surface area is 187 Å². The lowest BCUT2D eigenvalue weighted by Crippen LogP contribution is -2.51. The predicted molar refractivity (Wildman–Crippen MR) is 119 cm³/mol. The Kier molecular flexibility index (Phi) is 8.71. The fourth-order valence-corrected chi connectivity index (χ4v) is 3.75. The van der Waals surface area contributed by atoms with Gasteiger partial charge in [0.05, 0.1) is 16.3 Å². The van der Waals surface area contributed by atoms with Crippen LogP contribution in [0.3, 0.4) is 0 Å². The number of benzene rings is 1. The van der Waals surface area contributed by atoms with Crippen LogP contribution in [-0.2, 0) is 16.1 Å². The third kappa shape index (κ3) is 5.75. The van der Waals surface area contributed by atoms with Gasteiger partial charge in [0.15, 0.2) is 11.0 Å². The van der Waals surface area contributed by atoms with Gasteiger partial charge < -0.3 is 14.6 Å². The molecular weight excluding hydrogens is 422 g/mol. The van der Waals surface area contributed by atoms with E-state index in [1.54, 1.807) is 21.0 Å². The molecule has 2 unspecified atom stereocenters. The highest BCUT2D eigenvalue weighted by Gasteiger charge is 2.32. The van der Waals surface area contributed by atoms with Crippen LogP contribution in [-0.4, -0.2) is 45.2 Å². The summed E-state index contributed by atoms with van der Waals surface area (Å²) in [5, 5.41) is 21.7. The maximum atomic E-state index is 12.7. The van der Waals surface area contributed by atoms with E-state index in [4.69, 9.17) is 16.3 Å². The van der Waals surface area contributed by atoms with Gasteiger partial charge in [0.25, 0.3) is 0 Å². The van der Waals surface area contributed by atoms with Crippen molar-refractivity contribution in [3.05, 3.63) is 29.3 Å². The summed E-state index contributed by atoms with van der Waals surface area (Å²) >= 11 is 7.67. The first-order valence-corrected chi connectivity index (χ1v) is 11.1. The topological polar surface area (TPSA) is 92.8 Å². The second kappa shape index (κ2) is 10.8. The van der Waals surface area contributed by atoms with Crippen LogP contribution in [0.4, 0.5) is 0 Å². The smallest absolute Gasteiger partial charge is 0.234 e. The van der Waals surface area contributed by atoms with Crippen LogP contribution in [0.25, 0.3) is 11.4 Å². The number of carbonyl (C=O) groups excluding carboxylic acids is 1. The summed E-state index contributed by atoms with van der Waals surface area (Å²) in [4.78, 5) is 12.7. The SMILES string of the molecule is COCCCn1c(SC(C)C(=O)NC(C)(C#N)C(C)C)nnc1-c1ccccc1Cl. The third-order valence-electron chi connectivity index (χ3n) is 4.98. The fraction of sp³-hybridized carbons (Fsp3) is 0.524. The summed E-state index contributed by atoms with van der Waals surface area (Å²) in [6.45, 7) is 8.56. The van der Waals surface area contributed by atoms with E-state index in [0.717, 1.165) is 12.0 Å². The molecule has 0 saturated heterocycles. The predicted octanol–water partition coefficient (Wildman–Crippen LogP) is 4.17. The van der Waals surface area contributed by atoms with Crippen LogP contribution in [0.15, 0.2) is 29.4 Å².